The first-order chi connectivity index (χ1) is 9.05. The summed E-state index contributed by atoms with van der Waals surface area (Å²) in [5.41, 5.74) is 6.62. The average Bonchev–Trinajstić information content (AvgIpc) is 2.41. The summed E-state index contributed by atoms with van der Waals surface area (Å²) >= 11 is 0. The molecular weight excluding hydrogens is 243 g/mol. The van der Waals surface area contributed by atoms with E-state index >= 15 is 0 Å². The number of anilines is 1. The molecule has 0 fully saturated rings. The number of hydrogen-bond acceptors (Lipinski definition) is 3. The van der Waals surface area contributed by atoms with Gasteiger partial charge in [0.1, 0.15) is 5.82 Å². The van der Waals surface area contributed by atoms with Crippen LogP contribution in [-0.4, -0.2) is 10.1 Å². The zero-order valence-electron chi connectivity index (χ0n) is 10.8. The second-order valence-electron chi connectivity index (χ2n) is 4.65. The molecule has 0 spiro atoms. The van der Waals surface area contributed by atoms with E-state index in [2.05, 4.69) is 4.98 Å². The van der Waals surface area contributed by atoms with Gasteiger partial charge < -0.3 is 10.8 Å². The van der Waals surface area contributed by atoms with Gasteiger partial charge in [0.2, 0.25) is 0 Å². The Morgan fingerprint density at radius 2 is 2.16 bits per heavy atom. The van der Waals surface area contributed by atoms with Crippen LogP contribution >= 0.6 is 0 Å². The summed E-state index contributed by atoms with van der Waals surface area (Å²) in [5, 5.41) is 10.7. The number of aromatic nitrogens is 1. The summed E-state index contributed by atoms with van der Waals surface area (Å²) in [4.78, 5) is 4.01. The standard InChI is InChI=1S/C15H17FN2O/c1-2-15(19,12-4-3-5-13(16)8-12)9-11-10-18-7-6-14(11)17/h3-8,10,19H,2,9H2,1H3,(H2,17,18). The molecule has 1 aromatic heterocycles. The van der Waals surface area contributed by atoms with Gasteiger partial charge in [-0.1, -0.05) is 19.1 Å². The minimum atomic E-state index is -1.14. The second-order valence-corrected chi connectivity index (χ2v) is 4.65. The fourth-order valence-corrected chi connectivity index (χ4v) is 2.11. The van der Waals surface area contributed by atoms with Crippen LogP contribution in [0.1, 0.15) is 24.5 Å². The van der Waals surface area contributed by atoms with Crippen LogP contribution in [0.25, 0.3) is 0 Å². The molecular formula is C15H17FN2O. The topological polar surface area (TPSA) is 59.1 Å². The van der Waals surface area contributed by atoms with Gasteiger partial charge in [0, 0.05) is 24.5 Å². The Hall–Kier alpha value is -1.94. The third-order valence-electron chi connectivity index (χ3n) is 3.37. The molecule has 1 atom stereocenters. The van der Waals surface area contributed by atoms with Gasteiger partial charge in [0.15, 0.2) is 0 Å². The Labute approximate surface area is 111 Å². The number of nitrogens with zero attached hydrogens (tertiary/aromatic N) is 1. The lowest BCUT2D eigenvalue weighted by Crippen LogP contribution is -2.28. The molecule has 1 unspecified atom stereocenters. The number of benzene rings is 1. The molecule has 1 heterocycles. The number of nitrogen functional groups attached to an aromatic ring is 1. The average molecular weight is 260 g/mol. The van der Waals surface area contributed by atoms with Crippen molar-refractivity contribution < 1.29 is 9.50 Å². The van der Waals surface area contributed by atoms with Gasteiger partial charge in [-0.05, 0) is 35.7 Å². The van der Waals surface area contributed by atoms with Gasteiger partial charge in [0.05, 0.1) is 5.60 Å². The van der Waals surface area contributed by atoms with Gasteiger partial charge in [-0.15, -0.1) is 0 Å². The zero-order valence-corrected chi connectivity index (χ0v) is 10.8. The summed E-state index contributed by atoms with van der Waals surface area (Å²) in [6.07, 6.45) is 4.01. The van der Waals surface area contributed by atoms with E-state index in [1.54, 1.807) is 30.6 Å². The molecule has 19 heavy (non-hydrogen) atoms. The predicted molar refractivity (Wildman–Crippen MR) is 72.9 cm³/mol. The molecule has 3 nitrogen and oxygen atoms in total. The Morgan fingerprint density at radius 3 is 2.79 bits per heavy atom. The highest BCUT2D eigenvalue weighted by Gasteiger charge is 2.28. The van der Waals surface area contributed by atoms with Crippen molar-refractivity contribution >= 4 is 5.69 Å². The maximum Gasteiger partial charge on any atom is 0.123 e. The summed E-state index contributed by atoms with van der Waals surface area (Å²) in [5.74, 6) is -0.358. The first-order valence-electron chi connectivity index (χ1n) is 6.22. The van der Waals surface area contributed by atoms with Gasteiger partial charge in [0.25, 0.3) is 0 Å². The van der Waals surface area contributed by atoms with Gasteiger partial charge >= 0.3 is 0 Å². The van der Waals surface area contributed by atoms with Crippen LogP contribution in [0.15, 0.2) is 42.7 Å². The van der Waals surface area contributed by atoms with E-state index in [0.29, 0.717) is 24.1 Å². The third kappa shape index (κ3) is 2.90. The van der Waals surface area contributed by atoms with E-state index in [4.69, 9.17) is 5.73 Å². The van der Waals surface area contributed by atoms with E-state index in [-0.39, 0.29) is 5.82 Å². The number of hydrogen-bond donors (Lipinski definition) is 2. The molecule has 3 N–H and O–H groups in total. The van der Waals surface area contributed by atoms with Crippen LogP contribution in [0.3, 0.4) is 0 Å². The molecule has 0 amide bonds. The van der Waals surface area contributed by atoms with Crippen molar-refractivity contribution in [2.24, 2.45) is 0 Å². The van der Waals surface area contributed by atoms with Crippen molar-refractivity contribution in [1.82, 2.24) is 4.98 Å². The fraction of sp³-hybridized carbons (Fsp3) is 0.267. The highest BCUT2D eigenvalue weighted by molar-refractivity contribution is 5.45. The molecule has 1 aromatic carbocycles. The smallest absolute Gasteiger partial charge is 0.123 e. The molecule has 0 aliphatic heterocycles. The first kappa shape index (κ1) is 13.5. The summed E-state index contributed by atoms with van der Waals surface area (Å²) in [6.45, 7) is 1.86. The van der Waals surface area contributed by atoms with E-state index in [9.17, 15) is 9.50 Å². The monoisotopic (exact) mass is 260 g/mol. The van der Waals surface area contributed by atoms with Crippen molar-refractivity contribution in [3.8, 4) is 0 Å². The highest BCUT2D eigenvalue weighted by Crippen LogP contribution is 2.31. The van der Waals surface area contributed by atoms with E-state index in [1.165, 1.54) is 12.1 Å². The third-order valence-corrected chi connectivity index (χ3v) is 3.37. The Balaban J connectivity index is 2.36. The van der Waals surface area contributed by atoms with Crippen LogP contribution in [0.5, 0.6) is 0 Å². The van der Waals surface area contributed by atoms with Crippen molar-refractivity contribution in [2.75, 3.05) is 5.73 Å². The normalized spacial score (nSPS) is 14.1. The molecule has 0 aliphatic carbocycles. The molecule has 0 radical (unpaired) electrons. The van der Waals surface area contributed by atoms with Gasteiger partial charge in [-0.2, -0.15) is 0 Å². The fourth-order valence-electron chi connectivity index (χ4n) is 2.11. The van der Waals surface area contributed by atoms with Crippen LogP contribution in [-0.2, 0) is 12.0 Å². The lowest BCUT2D eigenvalue weighted by molar-refractivity contribution is 0.0325. The van der Waals surface area contributed by atoms with Gasteiger partial charge in [-0.3, -0.25) is 4.98 Å². The zero-order chi connectivity index (χ0) is 13.9. The Kier molecular flexibility index (Phi) is 3.81. The van der Waals surface area contributed by atoms with E-state index in [1.807, 2.05) is 6.92 Å². The molecule has 2 rings (SSSR count). The maximum atomic E-state index is 13.3. The van der Waals surface area contributed by atoms with Crippen LogP contribution < -0.4 is 5.73 Å². The number of halogens is 1. The minimum Gasteiger partial charge on any atom is -0.398 e. The van der Waals surface area contributed by atoms with Crippen molar-refractivity contribution in [3.05, 3.63) is 59.7 Å². The quantitative estimate of drug-likeness (QED) is 0.888. The maximum absolute atomic E-state index is 13.3. The van der Waals surface area contributed by atoms with Crippen LogP contribution in [0.2, 0.25) is 0 Å². The van der Waals surface area contributed by atoms with E-state index < -0.39 is 5.60 Å². The lowest BCUT2D eigenvalue weighted by Gasteiger charge is -2.28. The highest BCUT2D eigenvalue weighted by atomic mass is 19.1. The molecule has 4 heteroatoms. The van der Waals surface area contributed by atoms with Crippen LogP contribution in [0.4, 0.5) is 10.1 Å². The number of aliphatic hydroxyl groups is 1. The molecule has 0 bridgehead atoms. The largest absolute Gasteiger partial charge is 0.398 e. The van der Waals surface area contributed by atoms with Crippen molar-refractivity contribution in [1.29, 1.82) is 0 Å². The first-order valence-corrected chi connectivity index (χ1v) is 6.22. The van der Waals surface area contributed by atoms with E-state index in [0.717, 1.165) is 5.56 Å². The summed E-state index contributed by atoms with van der Waals surface area (Å²) < 4.78 is 13.3. The van der Waals surface area contributed by atoms with Crippen LogP contribution in [0, 0.1) is 5.82 Å². The van der Waals surface area contributed by atoms with Gasteiger partial charge in [-0.25, -0.2) is 4.39 Å². The second kappa shape index (κ2) is 5.36. The number of nitrogens with two attached hydrogens (primary N) is 1. The van der Waals surface area contributed by atoms with Crippen molar-refractivity contribution in [3.63, 3.8) is 0 Å². The minimum absolute atomic E-state index is 0.312. The number of pyridine rings is 1. The summed E-state index contributed by atoms with van der Waals surface area (Å²) in [6, 6.07) is 7.72. The molecule has 0 saturated carbocycles. The molecule has 0 aliphatic rings. The van der Waals surface area contributed by atoms with Crippen molar-refractivity contribution in [2.45, 2.75) is 25.4 Å². The molecule has 0 saturated heterocycles. The predicted octanol–water partition coefficient (Wildman–Crippen LogP) is 2.64. The SMILES string of the molecule is CCC(O)(Cc1cnccc1N)c1cccc(F)c1. The Morgan fingerprint density at radius 1 is 1.37 bits per heavy atom. The summed E-state index contributed by atoms with van der Waals surface area (Å²) in [7, 11) is 0. The lowest BCUT2D eigenvalue weighted by atomic mass is 9.85. The Bertz CT molecular complexity index is 574. The molecule has 100 valence electrons. The molecule has 2 aromatic rings. The number of rotatable bonds is 4.